The minimum absolute atomic E-state index is 0.0624. The zero-order valence-electron chi connectivity index (χ0n) is 6.83. The quantitative estimate of drug-likeness (QED) is 0.410. The van der Waals surface area contributed by atoms with Gasteiger partial charge in [0.2, 0.25) is 0 Å². The lowest BCUT2D eigenvalue weighted by atomic mass is 10.1. The van der Waals surface area contributed by atoms with Gasteiger partial charge in [0, 0.05) is 0 Å². The lowest BCUT2D eigenvalue weighted by molar-refractivity contribution is -0.142. The molecule has 7 heteroatoms. The van der Waals surface area contributed by atoms with E-state index in [1.165, 1.54) is 0 Å². The number of benzene rings is 1. The second kappa shape index (κ2) is 3.56. The summed E-state index contributed by atoms with van der Waals surface area (Å²) in [6.45, 7) is 0. The fourth-order valence-electron chi connectivity index (χ4n) is 0.958. The number of rotatable bonds is 1. The molecule has 1 rings (SSSR count). The summed E-state index contributed by atoms with van der Waals surface area (Å²) in [6.07, 6.45) is -5.72. The van der Waals surface area contributed by atoms with Gasteiger partial charge in [-0.05, 0) is 6.07 Å². The molecule has 0 unspecified atom stereocenters. The number of carbonyl (C=O) groups is 1. The Labute approximate surface area is 79.3 Å². The van der Waals surface area contributed by atoms with E-state index < -0.39 is 34.8 Å². The average Bonchev–Trinajstić information content (AvgIpc) is 2.09. The standard InChI is InChI=1S/C8H2F6O/c9-4-1-3(2-15)6(10)5(7(4)11)8(12,13)14/h1-2H. The van der Waals surface area contributed by atoms with Gasteiger partial charge in [-0.3, -0.25) is 4.79 Å². The molecule has 0 bridgehead atoms. The maximum atomic E-state index is 12.9. The van der Waals surface area contributed by atoms with Crippen LogP contribution < -0.4 is 0 Å². The van der Waals surface area contributed by atoms with Gasteiger partial charge >= 0.3 is 6.18 Å². The first-order chi connectivity index (χ1) is 6.79. The largest absolute Gasteiger partial charge is 0.422 e. The highest BCUT2D eigenvalue weighted by Crippen LogP contribution is 2.35. The Hall–Kier alpha value is -1.53. The summed E-state index contributed by atoms with van der Waals surface area (Å²) in [5.74, 6) is -6.40. The van der Waals surface area contributed by atoms with Crippen molar-refractivity contribution in [3.05, 3.63) is 34.6 Å². The molecule has 0 atom stereocenters. The van der Waals surface area contributed by atoms with E-state index in [-0.39, 0.29) is 12.4 Å². The van der Waals surface area contributed by atoms with Crippen molar-refractivity contribution in [3.63, 3.8) is 0 Å². The second-order valence-electron chi connectivity index (χ2n) is 2.57. The van der Waals surface area contributed by atoms with Crippen LogP contribution in [0.2, 0.25) is 0 Å². The highest BCUT2D eigenvalue weighted by Gasteiger charge is 2.40. The van der Waals surface area contributed by atoms with Crippen LogP contribution in [0, 0.1) is 17.5 Å². The van der Waals surface area contributed by atoms with Crippen molar-refractivity contribution in [2.45, 2.75) is 6.18 Å². The van der Waals surface area contributed by atoms with Crippen molar-refractivity contribution in [1.29, 1.82) is 0 Å². The Morgan fingerprint density at radius 1 is 1.07 bits per heavy atom. The topological polar surface area (TPSA) is 17.1 Å². The monoisotopic (exact) mass is 228 g/mol. The summed E-state index contributed by atoms with van der Waals surface area (Å²) in [5.41, 5.74) is -3.58. The zero-order chi connectivity index (χ0) is 11.8. The van der Waals surface area contributed by atoms with E-state index in [4.69, 9.17) is 0 Å². The molecule has 0 aliphatic heterocycles. The number of aldehydes is 1. The van der Waals surface area contributed by atoms with Crippen LogP contribution in [-0.4, -0.2) is 6.29 Å². The van der Waals surface area contributed by atoms with Gasteiger partial charge in [-0.25, -0.2) is 13.2 Å². The predicted molar refractivity (Wildman–Crippen MR) is 36.7 cm³/mol. The summed E-state index contributed by atoms with van der Waals surface area (Å²) >= 11 is 0. The molecule has 1 aromatic carbocycles. The number of alkyl halides is 3. The van der Waals surface area contributed by atoms with Gasteiger partial charge in [-0.2, -0.15) is 13.2 Å². The van der Waals surface area contributed by atoms with E-state index in [1.54, 1.807) is 0 Å². The van der Waals surface area contributed by atoms with Crippen molar-refractivity contribution in [3.8, 4) is 0 Å². The molecule has 0 fully saturated rings. The van der Waals surface area contributed by atoms with Gasteiger partial charge < -0.3 is 0 Å². The average molecular weight is 228 g/mol. The molecule has 0 aromatic heterocycles. The number of hydrogen-bond donors (Lipinski definition) is 0. The molecule has 0 N–H and O–H groups in total. The third kappa shape index (κ3) is 1.95. The van der Waals surface area contributed by atoms with Crippen molar-refractivity contribution < 1.29 is 31.1 Å². The molecule has 1 nitrogen and oxygen atoms in total. The molecule has 1 aromatic rings. The maximum Gasteiger partial charge on any atom is 0.422 e. The van der Waals surface area contributed by atoms with Crippen LogP contribution in [0.1, 0.15) is 15.9 Å². The molecular weight excluding hydrogens is 226 g/mol. The highest BCUT2D eigenvalue weighted by molar-refractivity contribution is 5.75. The van der Waals surface area contributed by atoms with Crippen LogP contribution >= 0.6 is 0 Å². The molecule has 0 spiro atoms. The third-order valence-electron chi connectivity index (χ3n) is 1.59. The van der Waals surface area contributed by atoms with Crippen molar-refractivity contribution >= 4 is 6.29 Å². The van der Waals surface area contributed by atoms with Crippen LogP contribution in [0.3, 0.4) is 0 Å². The van der Waals surface area contributed by atoms with Gasteiger partial charge in [0.25, 0.3) is 0 Å². The second-order valence-corrected chi connectivity index (χ2v) is 2.57. The summed E-state index contributed by atoms with van der Waals surface area (Å²) in [6, 6.07) is 0.0624. The van der Waals surface area contributed by atoms with E-state index in [9.17, 15) is 31.1 Å². The number of hydrogen-bond acceptors (Lipinski definition) is 1. The van der Waals surface area contributed by atoms with Crippen LogP contribution in [-0.2, 0) is 6.18 Å². The highest BCUT2D eigenvalue weighted by atomic mass is 19.4. The van der Waals surface area contributed by atoms with E-state index in [0.717, 1.165) is 0 Å². The Balaban J connectivity index is 3.62. The van der Waals surface area contributed by atoms with E-state index in [1.807, 2.05) is 0 Å². The van der Waals surface area contributed by atoms with Gasteiger partial charge in [0.05, 0.1) is 5.56 Å². The van der Waals surface area contributed by atoms with Crippen molar-refractivity contribution in [1.82, 2.24) is 0 Å². The first-order valence-corrected chi connectivity index (χ1v) is 3.49. The third-order valence-corrected chi connectivity index (χ3v) is 1.59. The number of carbonyl (C=O) groups excluding carboxylic acids is 1. The molecule has 82 valence electrons. The Kier molecular flexibility index (Phi) is 2.74. The zero-order valence-corrected chi connectivity index (χ0v) is 6.83. The van der Waals surface area contributed by atoms with E-state index in [0.29, 0.717) is 0 Å². The van der Waals surface area contributed by atoms with Gasteiger partial charge in [0.15, 0.2) is 17.9 Å². The van der Waals surface area contributed by atoms with Crippen LogP contribution in [0.4, 0.5) is 26.3 Å². The minimum Gasteiger partial charge on any atom is -0.298 e. The lowest BCUT2D eigenvalue weighted by Crippen LogP contribution is -2.14. The summed E-state index contributed by atoms with van der Waals surface area (Å²) in [5, 5.41) is 0. The summed E-state index contributed by atoms with van der Waals surface area (Å²) in [7, 11) is 0. The minimum atomic E-state index is -5.39. The Morgan fingerprint density at radius 3 is 2.00 bits per heavy atom. The van der Waals surface area contributed by atoms with E-state index in [2.05, 4.69) is 0 Å². The molecule has 0 saturated carbocycles. The Morgan fingerprint density at radius 2 is 1.60 bits per heavy atom. The van der Waals surface area contributed by atoms with E-state index >= 15 is 0 Å². The van der Waals surface area contributed by atoms with Gasteiger partial charge in [-0.1, -0.05) is 0 Å². The van der Waals surface area contributed by atoms with Crippen LogP contribution in [0.25, 0.3) is 0 Å². The van der Waals surface area contributed by atoms with Crippen molar-refractivity contribution in [2.75, 3.05) is 0 Å². The molecular formula is C8H2F6O. The molecule has 0 radical (unpaired) electrons. The fraction of sp³-hybridized carbons (Fsp3) is 0.125. The summed E-state index contributed by atoms with van der Waals surface area (Å²) < 4.78 is 74.1. The van der Waals surface area contributed by atoms with Crippen molar-refractivity contribution in [2.24, 2.45) is 0 Å². The molecule has 0 heterocycles. The lowest BCUT2D eigenvalue weighted by Gasteiger charge is -2.10. The normalized spacial score (nSPS) is 11.6. The fourth-order valence-corrected chi connectivity index (χ4v) is 0.958. The van der Waals surface area contributed by atoms with Crippen LogP contribution in [0.15, 0.2) is 6.07 Å². The van der Waals surface area contributed by atoms with Crippen LogP contribution in [0.5, 0.6) is 0 Å². The smallest absolute Gasteiger partial charge is 0.298 e. The maximum absolute atomic E-state index is 12.9. The van der Waals surface area contributed by atoms with Gasteiger partial charge in [0.1, 0.15) is 11.4 Å². The SMILES string of the molecule is O=Cc1cc(F)c(F)c(C(F)(F)F)c1F. The Bertz CT molecular complexity index is 409. The van der Waals surface area contributed by atoms with Gasteiger partial charge in [-0.15, -0.1) is 0 Å². The molecule has 0 amide bonds. The molecule has 15 heavy (non-hydrogen) atoms. The first kappa shape index (κ1) is 11.5. The molecule has 0 aliphatic rings. The predicted octanol–water partition coefficient (Wildman–Crippen LogP) is 2.94. The summed E-state index contributed by atoms with van der Waals surface area (Å²) in [4.78, 5) is 10.1. The molecule has 0 saturated heterocycles. The molecule has 0 aliphatic carbocycles. The first-order valence-electron chi connectivity index (χ1n) is 3.49. The number of halogens is 6.